The van der Waals surface area contributed by atoms with E-state index in [1.54, 1.807) is 56.3 Å². The van der Waals surface area contributed by atoms with Gasteiger partial charge in [-0.05, 0) is 37.1 Å². The van der Waals surface area contributed by atoms with Crippen molar-refractivity contribution in [3.8, 4) is 11.5 Å². The first-order valence-electron chi connectivity index (χ1n) is 8.36. The lowest BCUT2D eigenvalue weighted by Crippen LogP contribution is -2.42. The lowest BCUT2D eigenvalue weighted by molar-refractivity contribution is -0.137. The quantitative estimate of drug-likeness (QED) is 0.766. The Labute approximate surface area is 149 Å². The maximum absolute atomic E-state index is 12.4. The van der Waals surface area contributed by atoms with E-state index in [4.69, 9.17) is 9.47 Å². The summed E-state index contributed by atoms with van der Waals surface area (Å²) in [6, 6.07) is 5.44. The highest BCUT2D eigenvalue weighted by atomic mass is 16.5. The number of hydrogen-bond donors (Lipinski definition) is 0. The van der Waals surface area contributed by atoms with Crippen LogP contribution < -0.4 is 9.47 Å². The second kappa shape index (κ2) is 8.55. The molecule has 2 amide bonds. The summed E-state index contributed by atoms with van der Waals surface area (Å²) in [5, 5.41) is 0. The summed E-state index contributed by atoms with van der Waals surface area (Å²) in [6.07, 6.45) is 4.70. The van der Waals surface area contributed by atoms with Gasteiger partial charge in [-0.1, -0.05) is 0 Å². The van der Waals surface area contributed by atoms with E-state index in [0.29, 0.717) is 37.4 Å². The Morgan fingerprint density at radius 1 is 1.16 bits per heavy atom. The number of hydrogen-bond acceptors (Lipinski definition) is 4. The third-order valence-corrected chi connectivity index (χ3v) is 4.44. The van der Waals surface area contributed by atoms with Gasteiger partial charge in [-0.25, -0.2) is 0 Å². The van der Waals surface area contributed by atoms with Crippen LogP contribution in [-0.2, 0) is 9.59 Å². The van der Waals surface area contributed by atoms with Crippen molar-refractivity contribution in [2.24, 2.45) is 5.92 Å². The molecule has 6 heteroatoms. The van der Waals surface area contributed by atoms with Gasteiger partial charge in [0.2, 0.25) is 11.8 Å². The first-order valence-corrected chi connectivity index (χ1v) is 8.36. The number of nitrogens with zero attached hydrogens (tertiary/aromatic N) is 2. The van der Waals surface area contributed by atoms with Crippen molar-refractivity contribution in [3.63, 3.8) is 0 Å². The Bertz CT molecular complexity index is 647. The maximum Gasteiger partial charge on any atom is 0.246 e. The predicted octanol–water partition coefficient (Wildman–Crippen LogP) is 2.04. The third-order valence-electron chi connectivity index (χ3n) is 4.44. The van der Waals surface area contributed by atoms with Gasteiger partial charge in [0.15, 0.2) is 0 Å². The number of rotatable bonds is 5. The number of methoxy groups -OCH3 is 2. The molecule has 0 aliphatic carbocycles. The second-order valence-electron chi connectivity index (χ2n) is 6.27. The lowest BCUT2D eigenvalue weighted by Gasteiger charge is -2.31. The molecule has 136 valence electrons. The van der Waals surface area contributed by atoms with Crippen LogP contribution in [0.5, 0.6) is 11.5 Å². The number of benzene rings is 1. The molecule has 1 aliphatic heterocycles. The van der Waals surface area contributed by atoms with E-state index >= 15 is 0 Å². The van der Waals surface area contributed by atoms with Crippen LogP contribution >= 0.6 is 0 Å². The molecule has 0 aromatic heterocycles. The predicted molar refractivity (Wildman–Crippen MR) is 96.6 cm³/mol. The fraction of sp³-hybridized carbons (Fsp3) is 0.474. The first-order chi connectivity index (χ1) is 12.0. The van der Waals surface area contributed by atoms with E-state index in [9.17, 15) is 9.59 Å². The van der Waals surface area contributed by atoms with Crippen LogP contribution in [0.3, 0.4) is 0 Å². The van der Waals surface area contributed by atoms with Crippen molar-refractivity contribution in [3.05, 3.63) is 29.8 Å². The lowest BCUT2D eigenvalue weighted by atomic mass is 9.95. The summed E-state index contributed by atoms with van der Waals surface area (Å²) >= 11 is 0. The van der Waals surface area contributed by atoms with Gasteiger partial charge >= 0.3 is 0 Å². The molecule has 1 saturated heterocycles. The molecule has 0 spiro atoms. The molecule has 2 rings (SSSR count). The number of piperidine rings is 1. The van der Waals surface area contributed by atoms with Gasteiger partial charge in [0.05, 0.1) is 14.2 Å². The summed E-state index contributed by atoms with van der Waals surface area (Å²) < 4.78 is 10.5. The van der Waals surface area contributed by atoms with Crippen LogP contribution in [0.1, 0.15) is 18.4 Å². The monoisotopic (exact) mass is 346 g/mol. The number of likely N-dealkylation sites (tertiary alicyclic amines) is 1. The topological polar surface area (TPSA) is 59.1 Å². The smallest absolute Gasteiger partial charge is 0.246 e. The van der Waals surface area contributed by atoms with Crippen LogP contribution in [0.25, 0.3) is 6.08 Å². The first kappa shape index (κ1) is 18.8. The fourth-order valence-corrected chi connectivity index (χ4v) is 2.95. The standard InChI is InChI=1S/C19H26N2O4/c1-20(2)19(23)14-9-11-21(12-10-14)18(22)8-5-15-13-16(24-3)6-7-17(15)25-4/h5-8,13-14H,9-12H2,1-4H3/b8-5+. The van der Waals surface area contributed by atoms with Crippen LogP contribution in [-0.4, -0.2) is 63.0 Å². The van der Waals surface area contributed by atoms with Gasteiger partial charge < -0.3 is 19.3 Å². The number of carbonyl (C=O) groups excluding carboxylic acids is 2. The Kier molecular flexibility index (Phi) is 6.44. The molecule has 1 heterocycles. The molecule has 1 aliphatic rings. The summed E-state index contributed by atoms with van der Waals surface area (Å²) in [4.78, 5) is 27.8. The van der Waals surface area contributed by atoms with Gasteiger partial charge in [0.1, 0.15) is 11.5 Å². The van der Waals surface area contributed by atoms with Crippen molar-refractivity contribution in [2.75, 3.05) is 41.4 Å². The molecule has 0 saturated carbocycles. The Morgan fingerprint density at radius 2 is 1.84 bits per heavy atom. The number of amides is 2. The SMILES string of the molecule is COc1ccc(OC)c(/C=C/C(=O)N2CCC(C(=O)N(C)C)CC2)c1. The third kappa shape index (κ3) is 4.75. The molecule has 1 aromatic carbocycles. The number of carbonyl (C=O) groups is 2. The van der Waals surface area contributed by atoms with Crippen LogP contribution in [0.2, 0.25) is 0 Å². The van der Waals surface area contributed by atoms with E-state index < -0.39 is 0 Å². The highest BCUT2D eigenvalue weighted by Gasteiger charge is 2.27. The highest BCUT2D eigenvalue weighted by Crippen LogP contribution is 2.25. The van der Waals surface area contributed by atoms with Crippen molar-refractivity contribution >= 4 is 17.9 Å². The summed E-state index contributed by atoms with van der Waals surface area (Å²) in [5.74, 6) is 1.49. The molecule has 6 nitrogen and oxygen atoms in total. The second-order valence-corrected chi connectivity index (χ2v) is 6.27. The average molecular weight is 346 g/mol. The van der Waals surface area contributed by atoms with Crippen LogP contribution in [0, 0.1) is 5.92 Å². The fourth-order valence-electron chi connectivity index (χ4n) is 2.95. The zero-order chi connectivity index (χ0) is 18.4. The molecule has 25 heavy (non-hydrogen) atoms. The largest absolute Gasteiger partial charge is 0.497 e. The molecule has 0 radical (unpaired) electrons. The minimum absolute atomic E-state index is 0.0153. The Hall–Kier alpha value is -2.50. The van der Waals surface area contributed by atoms with E-state index in [2.05, 4.69) is 0 Å². The van der Waals surface area contributed by atoms with Gasteiger partial charge in [0, 0.05) is 44.7 Å². The summed E-state index contributed by atoms with van der Waals surface area (Å²) in [5.41, 5.74) is 0.785. The van der Waals surface area contributed by atoms with Crippen molar-refractivity contribution < 1.29 is 19.1 Å². The normalized spacial score (nSPS) is 15.3. The zero-order valence-corrected chi connectivity index (χ0v) is 15.3. The Morgan fingerprint density at radius 3 is 2.40 bits per heavy atom. The molecule has 1 fully saturated rings. The van der Waals surface area contributed by atoms with Gasteiger partial charge in [-0.3, -0.25) is 9.59 Å². The zero-order valence-electron chi connectivity index (χ0n) is 15.3. The van der Waals surface area contributed by atoms with E-state index in [-0.39, 0.29) is 17.7 Å². The molecule has 1 aromatic rings. The molecule has 0 bridgehead atoms. The minimum Gasteiger partial charge on any atom is -0.497 e. The highest BCUT2D eigenvalue weighted by molar-refractivity contribution is 5.92. The molecule has 0 unspecified atom stereocenters. The summed E-state index contributed by atoms with van der Waals surface area (Å²) in [6.45, 7) is 1.20. The molecular weight excluding hydrogens is 320 g/mol. The summed E-state index contributed by atoms with van der Waals surface area (Å²) in [7, 11) is 6.72. The van der Waals surface area contributed by atoms with Crippen molar-refractivity contribution in [2.45, 2.75) is 12.8 Å². The van der Waals surface area contributed by atoms with E-state index in [0.717, 1.165) is 5.56 Å². The van der Waals surface area contributed by atoms with Crippen LogP contribution in [0.15, 0.2) is 24.3 Å². The Balaban J connectivity index is 1.99. The minimum atomic E-state index is -0.0550. The van der Waals surface area contributed by atoms with Crippen molar-refractivity contribution in [1.29, 1.82) is 0 Å². The molecule has 0 N–H and O–H groups in total. The van der Waals surface area contributed by atoms with Gasteiger partial charge in [-0.15, -0.1) is 0 Å². The molecular formula is C19H26N2O4. The van der Waals surface area contributed by atoms with Crippen molar-refractivity contribution in [1.82, 2.24) is 9.80 Å². The van der Waals surface area contributed by atoms with E-state index in [1.165, 1.54) is 0 Å². The van der Waals surface area contributed by atoms with Gasteiger partial charge in [0.25, 0.3) is 0 Å². The number of ether oxygens (including phenoxy) is 2. The van der Waals surface area contributed by atoms with Crippen LogP contribution in [0.4, 0.5) is 0 Å². The molecule has 0 atom stereocenters. The van der Waals surface area contributed by atoms with Gasteiger partial charge in [-0.2, -0.15) is 0 Å². The van der Waals surface area contributed by atoms with E-state index in [1.807, 2.05) is 12.1 Å². The average Bonchev–Trinajstić information content (AvgIpc) is 2.65. The maximum atomic E-state index is 12.4.